The van der Waals surface area contributed by atoms with Gasteiger partial charge in [-0.3, -0.25) is 9.13 Å². The Labute approximate surface area is 173 Å². The summed E-state index contributed by atoms with van der Waals surface area (Å²) in [5.41, 5.74) is -1.55. The lowest BCUT2D eigenvalue weighted by Crippen LogP contribution is -2.43. The number of imidazole rings is 1. The molecule has 0 bridgehead atoms. The fourth-order valence-electron chi connectivity index (χ4n) is 2.98. The van der Waals surface area contributed by atoms with Crippen LogP contribution in [0.1, 0.15) is 18.9 Å². The lowest BCUT2D eigenvalue weighted by atomic mass is 10.0. The van der Waals surface area contributed by atoms with E-state index in [1.165, 1.54) is 22.4 Å². The Morgan fingerprint density at radius 2 is 2.00 bits per heavy atom. The van der Waals surface area contributed by atoms with Gasteiger partial charge in [0.25, 0.3) is 0 Å². The first-order chi connectivity index (χ1) is 14.0. The summed E-state index contributed by atoms with van der Waals surface area (Å²) in [6.07, 6.45) is -4.09. The maximum atomic E-state index is 13.0. The summed E-state index contributed by atoms with van der Waals surface area (Å²) in [7, 11) is 1.51. The van der Waals surface area contributed by atoms with E-state index in [-0.39, 0.29) is 17.3 Å². The van der Waals surface area contributed by atoms with Crippen LogP contribution in [0, 0.1) is 11.3 Å². The number of alkyl halides is 3. The van der Waals surface area contributed by atoms with Gasteiger partial charge in [-0.15, -0.1) is 0 Å². The molecular formula is C19H17ClF3N5O2. The number of nitrogens with zero attached hydrogens (tertiary/aromatic N) is 4. The number of anilines is 2. The van der Waals surface area contributed by atoms with Gasteiger partial charge in [0.05, 0.1) is 16.7 Å². The van der Waals surface area contributed by atoms with Crippen LogP contribution in [-0.4, -0.2) is 31.0 Å². The van der Waals surface area contributed by atoms with Crippen molar-refractivity contribution in [3.63, 3.8) is 0 Å². The number of hydrogen-bond acceptors (Lipinski definition) is 5. The minimum absolute atomic E-state index is 0.0228. The third-order valence-electron chi connectivity index (χ3n) is 4.87. The Morgan fingerprint density at radius 3 is 2.63 bits per heavy atom. The van der Waals surface area contributed by atoms with Crippen LogP contribution in [0.4, 0.5) is 24.5 Å². The molecule has 0 radical (unpaired) electrons. The van der Waals surface area contributed by atoms with Gasteiger partial charge in [0.2, 0.25) is 0 Å². The van der Waals surface area contributed by atoms with E-state index < -0.39 is 23.9 Å². The summed E-state index contributed by atoms with van der Waals surface area (Å²) in [6, 6.07) is 8.36. The number of rotatable bonds is 5. The second kappa shape index (κ2) is 7.66. The van der Waals surface area contributed by atoms with Gasteiger partial charge in [-0.1, -0.05) is 11.6 Å². The van der Waals surface area contributed by atoms with E-state index in [4.69, 9.17) is 11.6 Å². The van der Waals surface area contributed by atoms with Crippen molar-refractivity contribution >= 4 is 34.0 Å². The van der Waals surface area contributed by atoms with Gasteiger partial charge in [-0.25, -0.2) is 9.78 Å². The molecule has 7 nitrogen and oxygen atoms in total. The smallest absolute Gasteiger partial charge is 0.381 e. The molecule has 1 aromatic carbocycles. The van der Waals surface area contributed by atoms with Crippen molar-refractivity contribution in [1.29, 1.82) is 5.26 Å². The van der Waals surface area contributed by atoms with Crippen LogP contribution < -0.4 is 11.0 Å². The highest BCUT2D eigenvalue weighted by atomic mass is 35.5. The quantitative estimate of drug-likeness (QED) is 0.591. The number of aliphatic hydroxyl groups is 1. The van der Waals surface area contributed by atoms with E-state index in [2.05, 4.69) is 10.3 Å². The van der Waals surface area contributed by atoms with Gasteiger partial charge in [0.1, 0.15) is 16.8 Å². The van der Waals surface area contributed by atoms with Crippen molar-refractivity contribution in [3.05, 3.63) is 51.7 Å². The Hall–Kier alpha value is -3.03. The molecule has 3 rings (SSSR count). The summed E-state index contributed by atoms with van der Waals surface area (Å²) in [5, 5.41) is 22.0. The summed E-state index contributed by atoms with van der Waals surface area (Å²) in [5.74, 6) is 0. The van der Waals surface area contributed by atoms with Gasteiger partial charge < -0.3 is 10.4 Å². The van der Waals surface area contributed by atoms with E-state index in [1.807, 2.05) is 6.07 Å². The normalized spacial score (nSPS) is 13.8. The maximum absolute atomic E-state index is 13.0. The lowest BCUT2D eigenvalue weighted by molar-refractivity contribution is -0.255. The summed E-state index contributed by atoms with van der Waals surface area (Å²) in [4.78, 5) is 16.4. The largest absolute Gasteiger partial charge is 0.416 e. The monoisotopic (exact) mass is 439 g/mol. The molecule has 0 saturated carbocycles. The molecule has 0 aliphatic heterocycles. The molecule has 0 aliphatic rings. The molecule has 1 unspecified atom stereocenters. The third kappa shape index (κ3) is 3.86. The van der Waals surface area contributed by atoms with Gasteiger partial charge in [-0.2, -0.15) is 18.4 Å². The molecule has 2 aromatic heterocycles. The Morgan fingerprint density at radius 1 is 1.30 bits per heavy atom. The molecule has 30 heavy (non-hydrogen) atoms. The zero-order chi connectivity index (χ0) is 22.3. The van der Waals surface area contributed by atoms with Crippen LogP contribution in [0.2, 0.25) is 5.15 Å². The standard InChI is InChI=1S/C19H17ClF3N5O2/c1-18(30,19(21,22)23)6-8-28-15-9-11(3-4-14(15)27(2)17(28)29)26-13-5-7-25-16(20)12(13)10-24/h3-5,7,9,30H,6,8H2,1-2H3,(H,25,26). The van der Waals surface area contributed by atoms with Crippen molar-refractivity contribution in [2.75, 3.05) is 5.32 Å². The minimum Gasteiger partial charge on any atom is -0.381 e. The molecule has 0 amide bonds. The predicted molar refractivity (Wildman–Crippen MR) is 106 cm³/mol. The predicted octanol–water partition coefficient (Wildman–Crippen LogP) is 3.71. The highest BCUT2D eigenvalue weighted by Crippen LogP contribution is 2.33. The van der Waals surface area contributed by atoms with E-state index in [0.29, 0.717) is 29.3 Å². The average Bonchev–Trinajstić information content (AvgIpc) is 2.89. The molecule has 2 heterocycles. The van der Waals surface area contributed by atoms with Gasteiger partial charge in [-0.05, 0) is 31.2 Å². The fraction of sp³-hybridized carbons (Fsp3) is 0.316. The summed E-state index contributed by atoms with van der Waals surface area (Å²) < 4.78 is 41.4. The molecule has 0 spiro atoms. The number of benzene rings is 1. The molecule has 3 aromatic rings. The molecule has 0 aliphatic carbocycles. The summed E-state index contributed by atoms with van der Waals surface area (Å²) in [6.45, 7) is 0.337. The molecular weight excluding hydrogens is 423 g/mol. The van der Waals surface area contributed by atoms with Crippen LogP contribution in [0.25, 0.3) is 11.0 Å². The van der Waals surface area contributed by atoms with Crippen LogP contribution in [0.15, 0.2) is 35.3 Å². The first-order valence-corrected chi connectivity index (χ1v) is 9.14. The number of nitrogens with one attached hydrogen (secondary N) is 1. The molecule has 158 valence electrons. The first-order valence-electron chi connectivity index (χ1n) is 8.76. The number of nitriles is 1. The zero-order valence-electron chi connectivity index (χ0n) is 16.0. The minimum atomic E-state index is -4.82. The topological polar surface area (TPSA) is 95.9 Å². The SMILES string of the molecule is Cn1c(=O)n(CCC(C)(O)C(F)(F)F)c2cc(Nc3ccnc(Cl)c3C#N)ccc21. The van der Waals surface area contributed by atoms with Crippen LogP contribution >= 0.6 is 11.6 Å². The molecule has 11 heteroatoms. The van der Waals surface area contributed by atoms with Gasteiger partial charge in [0, 0.05) is 31.9 Å². The second-order valence-electron chi connectivity index (χ2n) is 6.98. The molecule has 1 atom stereocenters. The number of aromatic nitrogens is 3. The Bertz CT molecular complexity index is 1210. The number of hydrogen-bond donors (Lipinski definition) is 2. The van der Waals surface area contributed by atoms with Crippen molar-refractivity contribution in [2.24, 2.45) is 7.05 Å². The van der Waals surface area contributed by atoms with Crippen molar-refractivity contribution in [3.8, 4) is 6.07 Å². The van der Waals surface area contributed by atoms with Crippen LogP contribution in [-0.2, 0) is 13.6 Å². The number of fused-ring (bicyclic) bond motifs is 1. The highest BCUT2D eigenvalue weighted by Gasteiger charge is 2.49. The maximum Gasteiger partial charge on any atom is 0.416 e. The molecule has 0 saturated heterocycles. The Balaban J connectivity index is 2.00. The third-order valence-corrected chi connectivity index (χ3v) is 5.16. The number of pyridine rings is 1. The fourth-order valence-corrected chi connectivity index (χ4v) is 3.18. The zero-order valence-corrected chi connectivity index (χ0v) is 16.7. The Kier molecular flexibility index (Phi) is 5.54. The van der Waals surface area contributed by atoms with Crippen molar-refractivity contribution in [2.45, 2.75) is 31.7 Å². The van der Waals surface area contributed by atoms with Crippen LogP contribution in [0.3, 0.4) is 0 Å². The van der Waals surface area contributed by atoms with Crippen LogP contribution in [0.5, 0.6) is 0 Å². The van der Waals surface area contributed by atoms with Gasteiger partial charge in [0.15, 0.2) is 5.60 Å². The van der Waals surface area contributed by atoms with E-state index in [0.717, 1.165) is 0 Å². The molecule has 0 fully saturated rings. The van der Waals surface area contributed by atoms with Gasteiger partial charge >= 0.3 is 11.9 Å². The van der Waals surface area contributed by atoms with Crippen molar-refractivity contribution in [1.82, 2.24) is 14.1 Å². The first kappa shape index (κ1) is 21.7. The second-order valence-corrected chi connectivity index (χ2v) is 7.34. The lowest BCUT2D eigenvalue weighted by Gasteiger charge is -2.26. The average molecular weight is 440 g/mol. The van der Waals surface area contributed by atoms with E-state index >= 15 is 0 Å². The van der Waals surface area contributed by atoms with Crippen molar-refractivity contribution < 1.29 is 18.3 Å². The van der Waals surface area contributed by atoms with E-state index in [9.17, 15) is 28.3 Å². The highest BCUT2D eigenvalue weighted by molar-refractivity contribution is 6.31. The summed E-state index contributed by atoms with van der Waals surface area (Å²) >= 11 is 5.92. The number of halogens is 4. The number of aryl methyl sites for hydroxylation is 2. The molecule has 2 N–H and O–H groups in total. The van der Waals surface area contributed by atoms with E-state index in [1.54, 1.807) is 24.3 Å².